The van der Waals surface area contributed by atoms with Crippen molar-refractivity contribution in [2.45, 2.75) is 33.3 Å². The highest BCUT2D eigenvalue weighted by Crippen LogP contribution is 2.21. The van der Waals surface area contributed by atoms with Gasteiger partial charge in [-0.05, 0) is 38.0 Å². The summed E-state index contributed by atoms with van der Waals surface area (Å²) in [5.41, 5.74) is 0.932. The topological polar surface area (TPSA) is 75.6 Å². The highest BCUT2D eigenvalue weighted by molar-refractivity contribution is 5.91. The molecule has 2 N–H and O–H groups in total. The van der Waals surface area contributed by atoms with E-state index >= 15 is 0 Å². The van der Waals surface area contributed by atoms with Gasteiger partial charge in [0.15, 0.2) is 6.10 Å². The zero-order valence-corrected chi connectivity index (χ0v) is 11.4. The van der Waals surface area contributed by atoms with E-state index in [-0.39, 0.29) is 17.2 Å². The van der Waals surface area contributed by atoms with Crippen molar-refractivity contribution in [3.63, 3.8) is 0 Å². The summed E-state index contributed by atoms with van der Waals surface area (Å²) in [7, 11) is 0. The van der Waals surface area contributed by atoms with Gasteiger partial charge in [0.2, 0.25) is 0 Å². The highest BCUT2D eigenvalue weighted by Gasteiger charge is 2.18. The molecule has 0 saturated heterocycles. The minimum Gasteiger partial charge on any atom is -0.480 e. The van der Waals surface area contributed by atoms with Gasteiger partial charge in [-0.2, -0.15) is 0 Å². The van der Waals surface area contributed by atoms with Crippen molar-refractivity contribution in [3.05, 3.63) is 29.3 Å². The molecule has 0 saturated carbocycles. The zero-order chi connectivity index (χ0) is 14.4. The molecule has 0 aliphatic rings. The van der Waals surface area contributed by atoms with Gasteiger partial charge >= 0.3 is 5.97 Å². The lowest BCUT2D eigenvalue weighted by Crippen LogP contribution is -2.36. The number of hydrogen-bond donors (Lipinski definition) is 2. The molecule has 1 aromatic rings. The second kappa shape index (κ2) is 6.78. The number of aryl methyl sites for hydroxylation is 1. The second-order valence-electron chi connectivity index (χ2n) is 4.36. The molecule has 1 unspecified atom stereocenters. The summed E-state index contributed by atoms with van der Waals surface area (Å²) in [4.78, 5) is 22.8. The number of benzene rings is 1. The Morgan fingerprint density at radius 3 is 2.68 bits per heavy atom. The molecule has 5 heteroatoms. The molecule has 0 aliphatic carbocycles. The molecule has 1 atom stereocenters. The van der Waals surface area contributed by atoms with E-state index in [0.29, 0.717) is 6.54 Å². The van der Waals surface area contributed by atoms with Gasteiger partial charge in [-0.1, -0.05) is 13.0 Å². The van der Waals surface area contributed by atoms with Crippen LogP contribution in [0.4, 0.5) is 0 Å². The maximum atomic E-state index is 11.7. The van der Waals surface area contributed by atoms with E-state index in [0.717, 1.165) is 12.0 Å². The molecule has 0 aliphatic heterocycles. The molecule has 0 fully saturated rings. The van der Waals surface area contributed by atoms with Crippen LogP contribution >= 0.6 is 0 Å². The van der Waals surface area contributed by atoms with Crippen molar-refractivity contribution in [1.29, 1.82) is 0 Å². The number of aromatic carboxylic acids is 1. The normalized spacial score (nSPS) is 11.7. The van der Waals surface area contributed by atoms with Gasteiger partial charge in [-0.15, -0.1) is 0 Å². The van der Waals surface area contributed by atoms with E-state index in [4.69, 9.17) is 9.84 Å². The fourth-order valence-electron chi connectivity index (χ4n) is 1.54. The number of amides is 1. The Hall–Kier alpha value is -2.04. The first-order chi connectivity index (χ1) is 8.95. The molecule has 5 nitrogen and oxygen atoms in total. The largest absolute Gasteiger partial charge is 0.480 e. The average Bonchev–Trinajstić information content (AvgIpc) is 2.35. The zero-order valence-electron chi connectivity index (χ0n) is 11.4. The molecule has 0 spiro atoms. The lowest BCUT2D eigenvalue weighted by molar-refractivity contribution is -0.127. The predicted molar refractivity (Wildman–Crippen MR) is 71.5 cm³/mol. The van der Waals surface area contributed by atoms with Gasteiger partial charge in [-0.3, -0.25) is 4.79 Å². The first-order valence-corrected chi connectivity index (χ1v) is 6.24. The van der Waals surface area contributed by atoms with E-state index in [1.165, 1.54) is 6.07 Å². The highest BCUT2D eigenvalue weighted by atomic mass is 16.5. The van der Waals surface area contributed by atoms with Crippen molar-refractivity contribution >= 4 is 11.9 Å². The third-order valence-corrected chi connectivity index (χ3v) is 2.59. The van der Waals surface area contributed by atoms with Crippen molar-refractivity contribution in [3.8, 4) is 5.75 Å². The van der Waals surface area contributed by atoms with Crippen LogP contribution < -0.4 is 10.1 Å². The fraction of sp³-hybridized carbons (Fsp3) is 0.429. The molecule has 19 heavy (non-hydrogen) atoms. The van der Waals surface area contributed by atoms with E-state index in [1.54, 1.807) is 19.1 Å². The van der Waals surface area contributed by atoms with Gasteiger partial charge < -0.3 is 15.2 Å². The lowest BCUT2D eigenvalue weighted by atomic mass is 10.1. The first kappa shape index (κ1) is 15.0. The molecule has 0 aromatic heterocycles. The smallest absolute Gasteiger partial charge is 0.339 e. The van der Waals surface area contributed by atoms with Gasteiger partial charge in [0.05, 0.1) is 0 Å². The van der Waals surface area contributed by atoms with E-state index in [1.807, 2.05) is 13.8 Å². The standard InChI is InChI=1S/C14H19NO4/c1-4-7-15-13(16)10(3)19-12-8-9(2)5-6-11(12)14(17)18/h5-6,8,10H,4,7H2,1-3H3,(H,15,16)(H,17,18). The Morgan fingerprint density at radius 2 is 2.11 bits per heavy atom. The number of carboxylic acid groups (broad SMARTS) is 1. The third-order valence-electron chi connectivity index (χ3n) is 2.59. The molecule has 1 rings (SSSR count). The number of hydrogen-bond acceptors (Lipinski definition) is 3. The monoisotopic (exact) mass is 265 g/mol. The van der Waals surface area contributed by atoms with E-state index < -0.39 is 12.1 Å². The van der Waals surface area contributed by atoms with Gasteiger partial charge in [-0.25, -0.2) is 4.79 Å². The van der Waals surface area contributed by atoms with Gasteiger partial charge in [0.1, 0.15) is 11.3 Å². The number of nitrogens with one attached hydrogen (secondary N) is 1. The van der Waals surface area contributed by atoms with E-state index in [2.05, 4.69) is 5.32 Å². The number of carboxylic acids is 1. The van der Waals surface area contributed by atoms with Crippen LogP contribution in [-0.2, 0) is 4.79 Å². The Kier molecular flexibility index (Phi) is 5.36. The van der Waals surface area contributed by atoms with Crippen LogP contribution in [0.15, 0.2) is 18.2 Å². The molecule has 104 valence electrons. The van der Waals surface area contributed by atoms with Crippen LogP contribution in [0.1, 0.15) is 36.2 Å². The molecule has 1 amide bonds. The van der Waals surface area contributed by atoms with Crippen LogP contribution in [0.5, 0.6) is 5.75 Å². The maximum Gasteiger partial charge on any atom is 0.339 e. The van der Waals surface area contributed by atoms with Crippen molar-refractivity contribution in [1.82, 2.24) is 5.32 Å². The number of rotatable bonds is 6. The van der Waals surface area contributed by atoms with Crippen LogP contribution in [0.25, 0.3) is 0 Å². The van der Waals surface area contributed by atoms with Crippen LogP contribution in [0.2, 0.25) is 0 Å². The minimum absolute atomic E-state index is 0.0562. The summed E-state index contributed by atoms with van der Waals surface area (Å²) in [6, 6.07) is 4.79. The molecule has 0 radical (unpaired) electrons. The quantitative estimate of drug-likeness (QED) is 0.824. The summed E-state index contributed by atoms with van der Waals surface area (Å²) in [6.45, 7) is 5.96. The lowest BCUT2D eigenvalue weighted by Gasteiger charge is -2.16. The Labute approximate surface area is 112 Å². The predicted octanol–water partition coefficient (Wildman–Crippen LogP) is 1.99. The van der Waals surface area contributed by atoms with Gasteiger partial charge in [0, 0.05) is 6.54 Å². The SMILES string of the molecule is CCCNC(=O)C(C)Oc1cc(C)ccc1C(=O)O. The molecule has 0 bridgehead atoms. The molecule has 0 heterocycles. The first-order valence-electron chi connectivity index (χ1n) is 6.24. The summed E-state index contributed by atoms with van der Waals surface area (Å²) in [6.07, 6.45) is 0.106. The summed E-state index contributed by atoms with van der Waals surface area (Å²) >= 11 is 0. The average molecular weight is 265 g/mol. The number of carbonyl (C=O) groups is 2. The Morgan fingerprint density at radius 1 is 1.42 bits per heavy atom. The van der Waals surface area contributed by atoms with Crippen LogP contribution in [-0.4, -0.2) is 29.6 Å². The third kappa shape index (κ3) is 4.28. The molecular weight excluding hydrogens is 246 g/mol. The summed E-state index contributed by atoms with van der Waals surface area (Å²) in [5, 5.41) is 11.8. The van der Waals surface area contributed by atoms with Crippen molar-refractivity contribution < 1.29 is 19.4 Å². The molecular formula is C14H19NO4. The second-order valence-corrected chi connectivity index (χ2v) is 4.36. The Balaban J connectivity index is 2.83. The van der Waals surface area contributed by atoms with Crippen LogP contribution in [0, 0.1) is 6.92 Å². The summed E-state index contributed by atoms with van der Waals surface area (Å²) in [5.74, 6) is -1.11. The maximum absolute atomic E-state index is 11.7. The van der Waals surface area contributed by atoms with E-state index in [9.17, 15) is 9.59 Å². The van der Waals surface area contributed by atoms with Crippen molar-refractivity contribution in [2.75, 3.05) is 6.54 Å². The molecule has 1 aromatic carbocycles. The summed E-state index contributed by atoms with van der Waals surface area (Å²) < 4.78 is 5.45. The number of carbonyl (C=O) groups excluding carboxylic acids is 1. The van der Waals surface area contributed by atoms with Crippen LogP contribution in [0.3, 0.4) is 0 Å². The minimum atomic E-state index is -1.07. The fourth-order valence-corrected chi connectivity index (χ4v) is 1.54. The van der Waals surface area contributed by atoms with Gasteiger partial charge in [0.25, 0.3) is 5.91 Å². The Bertz CT molecular complexity index is 471. The van der Waals surface area contributed by atoms with Crippen molar-refractivity contribution in [2.24, 2.45) is 0 Å². The number of ether oxygens (including phenoxy) is 1.